The summed E-state index contributed by atoms with van der Waals surface area (Å²) in [5, 5.41) is 0. The van der Waals surface area contributed by atoms with Gasteiger partial charge in [-0.15, -0.1) is 0 Å². The molecule has 2 aromatic carbocycles. The second-order valence-corrected chi connectivity index (χ2v) is 14.0. The van der Waals surface area contributed by atoms with Gasteiger partial charge in [-0.25, -0.2) is 0 Å². The van der Waals surface area contributed by atoms with E-state index in [4.69, 9.17) is 0 Å². The molecule has 5 rings (SSSR count). The molecule has 2 aromatic rings. The summed E-state index contributed by atoms with van der Waals surface area (Å²) in [7, 11) is 0. The molecule has 3 aliphatic rings. The summed E-state index contributed by atoms with van der Waals surface area (Å²) in [6.07, 6.45) is 7.14. The van der Waals surface area contributed by atoms with Crippen LogP contribution in [0.3, 0.4) is 0 Å². The normalized spacial score (nSPS) is 21.3. The summed E-state index contributed by atoms with van der Waals surface area (Å²) >= 11 is 5.34. The van der Waals surface area contributed by atoms with Crippen LogP contribution < -0.4 is 24.8 Å². The third-order valence-corrected chi connectivity index (χ3v) is 14.5. The van der Waals surface area contributed by atoms with Crippen molar-refractivity contribution in [1.82, 2.24) is 0 Å². The third-order valence-electron chi connectivity index (χ3n) is 5.41. The fraction of sp³-hybridized carbons (Fsp3) is 0.167. The Kier molecular flexibility index (Phi) is 7.61. The maximum Gasteiger partial charge on any atom is -1.00 e. The molecular formula is C24H19BrCl2SZr. The average molecular weight is 582 g/mol. The molecule has 0 saturated heterocycles. The first kappa shape index (κ1) is 23.4. The van der Waals surface area contributed by atoms with Crippen molar-refractivity contribution in [2.75, 3.05) is 0 Å². The molecule has 1 aliphatic heterocycles. The molecule has 0 N–H and O–H groups in total. The molecule has 146 valence electrons. The molecule has 0 nitrogen and oxygen atoms in total. The van der Waals surface area contributed by atoms with Crippen LogP contribution in [0.15, 0.2) is 86.8 Å². The van der Waals surface area contributed by atoms with Crippen molar-refractivity contribution in [3.63, 3.8) is 0 Å². The van der Waals surface area contributed by atoms with E-state index in [2.05, 4.69) is 108 Å². The maximum absolute atomic E-state index is 3.95. The Balaban J connectivity index is 0.00000120. The predicted molar refractivity (Wildman–Crippen MR) is 117 cm³/mol. The van der Waals surface area contributed by atoms with Crippen LogP contribution in [0.4, 0.5) is 0 Å². The van der Waals surface area contributed by atoms with E-state index in [1.807, 2.05) is 0 Å². The molecule has 2 unspecified atom stereocenters. The smallest absolute Gasteiger partial charge is 1.00 e. The summed E-state index contributed by atoms with van der Waals surface area (Å²) in [6, 6.07) is 17.7. The van der Waals surface area contributed by atoms with Gasteiger partial charge in [-0.1, -0.05) is 0 Å². The number of rotatable bonds is 3. The number of benzene rings is 2. The summed E-state index contributed by atoms with van der Waals surface area (Å²) in [5.41, 5.74) is 10.1. The van der Waals surface area contributed by atoms with Gasteiger partial charge >= 0.3 is 186 Å². The first-order chi connectivity index (χ1) is 13.1. The summed E-state index contributed by atoms with van der Waals surface area (Å²) < 4.78 is 2.80. The first-order valence-corrected chi connectivity index (χ1v) is 13.7. The van der Waals surface area contributed by atoms with Crippen molar-refractivity contribution in [1.29, 1.82) is 0 Å². The fourth-order valence-electron chi connectivity index (χ4n) is 4.13. The van der Waals surface area contributed by atoms with E-state index >= 15 is 0 Å². The molecule has 0 radical (unpaired) electrons. The van der Waals surface area contributed by atoms with E-state index < -0.39 is 23.2 Å². The van der Waals surface area contributed by atoms with Gasteiger partial charge in [-0.05, 0) is 0 Å². The number of thioether (sulfide) groups is 1. The molecule has 29 heavy (non-hydrogen) atoms. The largest absolute Gasteiger partial charge is 1.00 e. The number of fused-ring (bicyclic) bond motifs is 2. The van der Waals surface area contributed by atoms with E-state index in [1.54, 1.807) is 11.1 Å². The molecule has 0 spiro atoms. The quantitative estimate of drug-likeness (QED) is 0.530. The van der Waals surface area contributed by atoms with E-state index in [-0.39, 0.29) is 24.8 Å². The summed E-state index contributed by atoms with van der Waals surface area (Å²) in [6.45, 7) is 4.53. The second-order valence-electron chi connectivity index (χ2n) is 7.32. The molecular weight excluding hydrogens is 562 g/mol. The van der Waals surface area contributed by atoms with Crippen molar-refractivity contribution in [3.8, 4) is 11.1 Å². The Morgan fingerprint density at radius 1 is 0.897 bits per heavy atom. The molecule has 2 aliphatic carbocycles. The van der Waals surface area contributed by atoms with Crippen LogP contribution in [-0.4, -0.2) is 2.96 Å². The van der Waals surface area contributed by atoms with Gasteiger partial charge in [-0.3, -0.25) is 0 Å². The number of halogens is 3. The first-order valence-electron chi connectivity index (χ1n) is 9.21. The van der Waals surface area contributed by atoms with Gasteiger partial charge in [0.05, 0.1) is 0 Å². The molecule has 0 bridgehead atoms. The van der Waals surface area contributed by atoms with Crippen molar-refractivity contribution in [2.45, 2.75) is 20.4 Å². The molecule has 5 heteroatoms. The minimum absolute atomic E-state index is 0. The number of hydrogen-bond donors (Lipinski definition) is 0. The summed E-state index contributed by atoms with van der Waals surface area (Å²) in [4.78, 5) is 1.48. The van der Waals surface area contributed by atoms with E-state index in [9.17, 15) is 0 Å². The van der Waals surface area contributed by atoms with Gasteiger partial charge in [0.25, 0.3) is 0 Å². The van der Waals surface area contributed by atoms with Crippen LogP contribution in [0.2, 0.25) is 0 Å². The van der Waals surface area contributed by atoms with Gasteiger partial charge in [-0.2, -0.15) is 0 Å². The number of allylic oxidation sites excluding steroid dienone is 5. The average Bonchev–Trinajstić information content (AvgIpc) is 3.29. The Morgan fingerprint density at radius 2 is 1.66 bits per heavy atom. The van der Waals surface area contributed by atoms with Gasteiger partial charge in [0, 0.05) is 0 Å². The maximum atomic E-state index is 3.95. The van der Waals surface area contributed by atoms with Crippen LogP contribution >= 0.6 is 27.7 Å². The zero-order chi connectivity index (χ0) is 18.5. The van der Waals surface area contributed by atoms with Gasteiger partial charge in [0.1, 0.15) is 0 Å². The Hall–Kier alpha value is -0.307. The SMILES string of the molecule is CC1=CC2=C(Br)[CH]([Zr+2][CH]3C(C)=Cc4c(-c5ccccc5)cccc43)SC2=C1.[Cl-].[Cl-]. The minimum Gasteiger partial charge on any atom is -1.00 e. The van der Waals surface area contributed by atoms with Crippen LogP contribution in [0, 0.1) is 0 Å². The fourth-order valence-corrected chi connectivity index (χ4v) is 12.4. The molecule has 0 saturated carbocycles. The monoisotopic (exact) mass is 578 g/mol. The molecule has 2 atom stereocenters. The van der Waals surface area contributed by atoms with Crippen molar-refractivity contribution >= 4 is 33.8 Å². The second kappa shape index (κ2) is 9.45. The number of hydrogen-bond acceptors (Lipinski definition) is 1. The van der Waals surface area contributed by atoms with Crippen LogP contribution in [-0.2, 0) is 23.2 Å². The van der Waals surface area contributed by atoms with Crippen molar-refractivity contribution < 1.29 is 48.0 Å². The van der Waals surface area contributed by atoms with Gasteiger partial charge in [0.2, 0.25) is 0 Å². The van der Waals surface area contributed by atoms with E-state index in [1.165, 1.54) is 37.2 Å². The van der Waals surface area contributed by atoms with E-state index in [0.717, 1.165) is 0 Å². The Labute approximate surface area is 209 Å². The van der Waals surface area contributed by atoms with Crippen LogP contribution in [0.25, 0.3) is 17.2 Å². The van der Waals surface area contributed by atoms with Crippen LogP contribution in [0.5, 0.6) is 0 Å². The topological polar surface area (TPSA) is 0 Å². The summed E-state index contributed by atoms with van der Waals surface area (Å²) in [5.74, 6) is 0. The molecule has 1 heterocycles. The van der Waals surface area contributed by atoms with Crippen molar-refractivity contribution in [2.24, 2.45) is 0 Å². The van der Waals surface area contributed by atoms with Crippen LogP contribution in [0.1, 0.15) is 28.6 Å². The standard InChI is InChI=1S/C16H13.C8H6BrS.2ClH.Zr/c1-12-10-14-8-5-9-15(16(14)11-12)13-6-3-2-4-7-13;1-5-2-6-7(9)4-10-8(6)3-5;;;/h2-11H,1H3;2-4H,1H3;2*1H;/q;;;;+2/p-2. The predicted octanol–water partition coefficient (Wildman–Crippen LogP) is 1.47. The molecule has 0 amide bonds. The van der Waals surface area contributed by atoms with Gasteiger partial charge in [0.15, 0.2) is 0 Å². The zero-order valence-corrected chi connectivity index (χ0v) is 22.4. The van der Waals surface area contributed by atoms with Crippen molar-refractivity contribution in [3.05, 3.63) is 97.9 Å². The van der Waals surface area contributed by atoms with E-state index in [0.29, 0.717) is 6.58 Å². The molecule has 0 fully saturated rings. The third kappa shape index (κ3) is 4.24. The Morgan fingerprint density at radius 3 is 2.38 bits per heavy atom. The minimum atomic E-state index is -0.711. The van der Waals surface area contributed by atoms with Gasteiger partial charge < -0.3 is 24.8 Å². The molecule has 0 aromatic heterocycles. The zero-order valence-electron chi connectivity index (χ0n) is 16.0. The Bertz CT molecular complexity index is 1070.